The van der Waals surface area contributed by atoms with E-state index in [9.17, 15) is 0 Å². The summed E-state index contributed by atoms with van der Waals surface area (Å²) in [6.45, 7) is 2.02. The fourth-order valence-electron chi connectivity index (χ4n) is 2.00. The number of ether oxygens (including phenoxy) is 1. The Morgan fingerprint density at radius 1 is 1.05 bits per heavy atom. The van der Waals surface area contributed by atoms with Crippen LogP contribution in [0.5, 0.6) is 5.75 Å². The second-order valence-electron chi connectivity index (χ2n) is 4.75. The van der Waals surface area contributed by atoms with Gasteiger partial charge in [0.1, 0.15) is 5.75 Å². The van der Waals surface area contributed by atoms with E-state index in [0.717, 1.165) is 24.6 Å². The lowest BCUT2D eigenvalue weighted by Gasteiger charge is -2.16. The van der Waals surface area contributed by atoms with Crippen LogP contribution < -0.4 is 4.74 Å². The molecule has 2 aromatic carbocycles. The van der Waals surface area contributed by atoms with Crippen molar-refractivity contribution in [2.75, 3.05) is 26.5 Å². The van der Waals surface area contributed by atoms with Crippen molar-refractivity contribution >= 4 is 11.8 Å². The van der Waals surface area contributed by atoms with Crippen LogP contribution in [0.25, 0.3) is 0 Å². The summed E-state index contributed by atoms with van der Waals surface area (Å²) in [4.78, 5) is 3.67. The Hall–Kier alpha value is -1.45. The van der Waals surface area contributed by atoms with Gasteiger partial charge in [-0.3, -0.25) is 0 Å². The van der Waals surface area contributed by atoms with E-state index in [-0.39, 0.29) is 0 Å². The van der Waals surface area contributed by atoms with Crippen LogP contribution >= 0.6 is 11.8 Å². The lowest BCUT2D eigenvalue weighted by Crippen LogP contribution is -2.20. The highest BCUT2D eigenvalue weighted by Crippen LogP contribution is 2.17. The van der Waals surface area contributed by atoms with Crippen molar-refractivity contribution in [2.45, 2.75) is 11.4 Å². The third kappa shape index (κ3) is 4.91. The molecule has 0 saturated heterocycles. The van der Waals surface area contributed by atoms with Crippen molar-refractivity contribution in [2.24, 2.45) is 0 Å². The van der Waals surface area contributed by atoms with E-state index in [4.69, 9.17) is 4.74 Å². The summed E-state index contributed by atoms with van der Waals surface area (Å²) >= 11 is 1.90. The van der Waals surface area contributed by atoms with E-state index in [1.807, 2.05) is 23.9 Å². The molecule has 0 atom stereocenters. The molecule has 106 valence electrons. The molecule has 0 fully saturated rings. The van der Waals surface area contributed by atoms with Gasteiger partial charge in [-0.1, -0.05) is 30.3 Å². The number of hydrogen-bond acceptors (Lipinski definition) is 3. The molecule has 0 radical (unpaired) electrons. The van der Waals surface area contributed by atoms with E-state index in [1.165, 1.54) is 10.5 Å². The van der Waals surface area contributed by atoms with E-state index < -0.39 is 0 Å². The van der Waals surface area contributed by atoms with E-state index in [0.29, 0.717) is 0 Å². The third-order valence-electron chi connectivity index (χ3n) is 3.07. The molecule has 20 heavy (non-hydrogen) atoms. The number of methoxy groups -OCH3 is 1. The molecule has 0 aliphatic heterocycles. The minimum atomic E-state index is 0.926. The standard InChI is InChI=1S/C17H21NOS/c1-18(11-12-20-17-9-4-3-5-10-17)14-15-7-6-8-16(13-15)19-2/h3-10,13H,11-12,14H2,1-2H3. The molecule has 0 aromatic heterocycles. The molecule has 0 unspecified atom stereocenters. The van der Waals surface area contributed by atoms with Gasteiger partial charge >= 0.3 is 0 Å². The lowest BCUT2D eigenvalue weighted by molar-refractivity contribution is 0.347. The Morgan fingerprint density at radius 2 is 1.85 bits per heavy atom. The zero-order valence-electron chi connectivity index (χ0n) is 12.1. The minimum absolute atomic E-state index is 0.926. The van der Waals surface area contributed by atoms with Crippen LogP contribution in [0.4, 0.5) is 0 Å². The average molecular weight is 287 g/mol. The Balaban J connectivity index is 1.76. The molecule has 2 rings (SSSR count). The van der Waals surface area contributed by atoms with E-state index in [1.54, 1.807) is 7.11 Å². The Labute approximate surface area is 125 Å². The van der Waals surface area contributed by atoms with E-state index >= 15 is 0 Å². The maximum absolute atomic E-state index is 5.25. The highest BCUT2D eigenvalue weighted by Gasteiger charge is 2.02. The first-order valence-corrected chi connectivity index (χ1v) is 7.76. The molecule has 0 bridgehead atoms. The Morgan fingerprint density at radius 3 is 2.60 bits per heavy atom. The fraction of sp³-hybridized carbons (Fsp3) is 0.294. The Bertz CT molecular complexity index is 515. The molecular formula is C17H21NOS. The third-order valence-corrected chi connectivity index (χ3v) is 4.06. The quantitative estimate of drug-likeness (QED) is 0.716. The second kappa shape index (κ2) is 7.98. The summed E-state index contributed by atoms with van der Waals surface area (Å²) < 4.78 is 5.25. The van der Waals surface area contributed by atoms with Gasteiger partial charge in [-0.05, 0) is 36.9 Å². The number of hydrogen-bond donors (Lipinski definition) is 0. The van der Waals surface area contributed by atoms with Crippen LogP contribution in [0.1, 0.15) is 5.56 Å². The summed E-state index contributed by atoms with van der Waals surface area (Å²) in [6, 6.07) is 18.8. The topological polar surface area (TPSA) is 12.5 Å². The highest BCUT2D eigenvalue weighted by atomic mass is 32.2. The predicted octanol–water partition coefficient (Wildman–Crippen LogP) is 3.92. The van der Waals surface area contributed by atoms with Crippen molar-refractivity contribution in [1.82, 2.24) is 4.90 Å². The molecule has 0 saturated carbocycles. The highest BCUT2D eigenvalue weighted by molar-refractivity contribution is 7.99. The number of benzene rings is 2. The van der Waals surface area contributed by atoms with Gasteiger partial charge in [-0.25, -0.2) is 0 Å². The normalized spacial score (nSPS) is 10.8. The van der Waals surface area contributed by atoms with Gasteiger partial charge < -0.3 is 9.64 Å². The smallest absolute Gasteiger partial charge is 0.119 e. The van der Waals surface area contributed by atoms with Gasteiger partial charge in [0.05, 0.1) is 7.11 Å². The van der Waals surface area contributed by atoms with Gasteiger partial charge in [-0.15, -0.1) is 11.8 Å². The Kier molecular flexibility index (Phi) is 5.96. The molecular weight excluding hydrogens is 266 g/mol. The summed E-state index contributed by atoms with van der Waals surface area (Å²) in [5.41, 5.74) is 1.29. The van der Waals surface area contributed by atoms with Crippen LogP contribution in [-0.4, -0.2) is 31.4 Å². The largest absolute Gasteiger partial charge is 0.497 e. The SMILES string of the molecule is COc1cccc(CN(C)CCSc2ccccc2)c1. The lowest BCUT2D eigenvalue weighted by atomic mass is 10.2. The van der Waals surface area contributed by atoms with Crippen molar-refractivity contribution < 1.29 is 4.74 Å². The molecule has 2 aromatic rings. The van der Waals surface area contributed by atoms with Crippen molar-refractivity contribution in [3.05, 3.63) is 60.2 Å². The minimum Gasteiger partial charge on any atom is -0.497 e. The monoisotopic (exact) mass is 287 g/mol. The van der Waals surface area contributed by atoms with Gasteiger partial charge in [0, 0.05) is 23.7 Å². The molecule has 0 aliphatic rings. The first-order valence-electron chi connectivity index (χ1n) is 6.77. The van der Waals surface area contributed by atoms with Gasteiger partial charge in [0.2, 0.25) is 0 Å². The number of rotatable bonds is 7. The molecule has 2 nitrogen and oxygen atoms in total. The summed E-state index contributed by atoms with van der Waals surface area (Å²) in [5, 5.41) is 0. The fourth-order valence-corrected chi connectivity index (χ4v) is 2.99. The first kappa shape index (κ1) is 14.9. The predicted molar refractivity (Wildman–Crippen MR) is 86.5 cm³/mol. The summed E-state index contributed by atoms with van der Waals surface area (Å²) in [5.74, 6) is 2.03. The van der Waals surface area contributed by atoms with Crippen molar-refractivity contribution in [3.63, 3.8) is 0 Å². The summed E-state index contributed by atoms with van der Waals surface area (Å²) in [6.07, 6.45) is 0. The molecule has 0 spiro atoms. The molecule has 0 heterocycles. The van der Waals surface area contributed by atoms with Gasteiger partial charge in [-0.2, -0.15) is 0 Å². The second-order valence-corrected chi connectivity index (χ2v) is 5.92. The van der Waals surface area contributed by atoms with Crippen molar-refractivity contribution in [3.8, 4) is 5.75 Å². The van der Waals surface area contributed by atoms with Crippen LogP contribution in [0.3, 0.4) is 0 Å². The van der Waals surface area contributed by atoms with Crippen LogP contribution in [-0.2, 0) is 6.54 Å². The van der Waals surface area contributed by atoms with Crippen molar-refractivity contribution in [1.29, 1.82) is 0 Å². The molecule has 0 N–H and O–H groups in total. The molecule has 0 amide bonds. The van der Waals surface area contributed by atoms with Crippen LogP contribution in [0.15, 0.2) is 59.5 Å². The first-order chi connectivity index (χ1) is 9.78. The zero-order valence-corrected chi connectivity index (χ0v) is 12.9. The van der Waals surface area contributed by atoms with E-state index in [2.05, 4.69) is 54.4 Å². The maximum Gasteiger partial charge on any atom is 0.119 e. The molecule has 3 heteroatoms. The van der Waals surface area contributed by atoms with Gasteiger partial charge in [0.25, 0.3) is 0 Å². The zero-order chi connectivity index (χ0) is 14.2. The maximum atomic E-state index is 5.25. The number of nitrogens with zero attached hydrogens (tertiary/aromatic N) is 1. The van der Waals surface area contributed by atoms with Crippen LogP contribution in [0.2, 0.25) is 0 Å². The number of thioether (sulfide) groups is 1. The molecule has 0 aliphatic carbocycles. The average Bonchev–Trinajstić information content (AvgIpc) is 2.48. The summed E-state index contributed by atoms with van der Waals surface area (Å²) in [7, 11) is 3.87. The van der Waals surface area contributed by atoms with Crippen LogP contribution in [0, 0.1) is 0 Å². The van der Waals surface area contributed by atoms with Gasteiger partial charge in [0.15, 0.2) is 0 Å².